The Morgan fingerprint density at radius 3 is 2.65 bits per heavy atom. The highest BCUT2D eigenvalue weighted by atomic mass is 35.5. The molecule has 0 aliphatic carbocycles. The van der Waals surface area contributed by atoms with Crippen molar-refractivity contribution in [1.82, 2.24) is 0 Å². The predicted molar refractivity (Wildman–Crippen MR) is 80.7 cm³/mol. The van der Waals surface area contributed by atoms with Gasteiger partial charge in [-0.15, -0.1) is 0 Å². The molecule has 0 aromatic heterocycles. The van der Waals surface area contributed by atoms with Crippen LogP contribution in [0.4, 0.5) is 17.1 Å². The van der Waals surface area contributed by atoms with Gasteiger partial charge in [-0.05, 0) is 30.3 Å². The van der Waals surface area contributed by atoms with Crippen LogP contribution in [0.15, 0.2) is 36.4 Å². The molecule has 2 aromatic carbocycles. The molecule has 6 heteroatoms. The number of carbonyl (C=O) groups is 1. The fraction of sp³-hybridized carbons (Fsp3) is 0.0714. The molecular weight excluding hydrogens is 278 g/mol. The van der Waals surface area contributed by atoms with Crippen molar-refractivity contribution in [3.63, 3.8) is 0 Å². The zero-order chi connectivity index (χ0) is 14.7. The number of nitrogens with two attached hydrogens (primary N) is 2. The van der Waals surface area contributed by atoms with Crippen molar-refractivity contribution < 1.29 is 9.53 Å². The van der Waals surface area contributed by atoms with Crippen LogP contribution in [0, 0.1) is 0 Å². The average molecular weight is 292 g/mol. The maximum absolute atomic E-state index is 11.4. The molecule has 5 N–H and O–H groups in total. The van der Waals surface area contributed by atoms with E-state index in [0.717, 1.165) is 0 Å². The molecule has 0 unspecified atom stereocenters. The molecule has 0 aliphatic rings. The highest BCUT2D eigenvalue weighted by Crippen LogP contribution is 2.31. The Morgan fingerprint density at radius 1 is 1.30 bits per heavy atom. The third-order valence-electron chi connectivity index (χ3n) is 2.78. The number of benzene rings is 2. The Labute approximate surface area is 121 Å². The number of amides is 1. The first kappa shape index (κ1) is 14.0. The maximum Gasteiger partial charge on any atom is 0.250 e. The van der Waals surface area contributed by atoms with Gasteiger partial charge >= 0.3 is 0 Å². The van der Waals surface area contributed by atoms with Gasteiger partial charge in [-0.25, -0.2) is 0 Å². The number of hydrogen-bond acceptors (Lipinski definition) is 4. The van der Waals surface area contributed by atoms with E-state index >= 15 is 0 Å². The van der Waals surface area contributed by atoms with Crippen LogP contribution in [-0.2, 0) is 0 Å². The molecular formula is C14H14ClN3O2. The molecule has 2 rings (SSSR count). The Kier molecular flexibility index (Phi) is 4.00. The van der Waals surface area contributed by atoms with Gasteiger partial charge in [-0.1, -0.05) is 17.7 Å². The van der Waals surface area contributed by atoms with Crippen LogP contribution in [0.5, 0.6) is 5.75 Å². The molecule has 5 nitrogen and oxygen atoms in total. The van der Waals surface area contributed by atoms with Crippen LogP contribution in [0.3, 0.4) is 0 Å². The van der Waals surface area contributed by atoms with E-state index in [1.807, 2.05) is 0 Å². The second kappa shape index (κ2) is 5.71. The van der Waals surface area contributed by atoms with E-state index < -0.39 is 5.91 Å². The fourth-order valence-electron chi connectivity index (χ4n) is 1.80. The van der Waals surface area contributed by atoms with E-state index in [2.05, 4.69) is 5.32 Å². The van der Waals surface area contributed by atoms with Crippen molar-refractivity contribution in [3.05, 3.63) is 47.0 Å². The lowest BCUT2D eigenvalue weighted by molar-refractivity contribution is 0.100. The van der Waals surface area contributed by atoms with Gasteiger partial charge in [0.1, 0.15) is 5.75 Å². The second-order valence-corrected chi connectivity index (χ2v) is 4.52. The van der Waals surface area contributed by atoms with Crippen molar-refractivity contribution in [1.29, 1.82) is 0 Å². The number of anilines is 3. The van der Waals surface area contributed by atoms with Gasteiger partial charge in [0.2, 0.25) is 0 Å². The summed E-state index contributed by atoms with van der Waals surface area (Å²) in [5.74, 6) is 0.00721. The van der Waals surface area contributed by atoms with Crippen molar-refractivity contribution in [2.24, 2.45) is 5.73 Å². The molecule has 0 aliphatic heterocycles. The number of halogens is 1. The monoisotopic (exact) mass is 291 g/mol. The number of methoxy groups -OCH3 is 1. The molecule has 1 amide bonds. The highest BCUT2D eigenvalue weighted by Gasteiger charge is 2.12. The molecule has 0 radical (unpaired) electrons. The van der Waals surface area contributed by atoms with Gasteiger partial charge in [0, 0.05) is 5.69 Å². The SMILES string of the molecule is COc1ccc(Nc2c(N)cccc2C(N)=O)cc1Cl. The van der Waals surface area contributed by atoms with Crippen LogP contribution < -0.4 is 21.5 Å². The molecule has 0 saturated carbocycles. The second-order valence-electron chi connectivity index (χ2n) is 4.11. The van der Waals surface area contributed by atoms with Crippen molar-refractivity contribution >= 4 is 34.6 Å². The molecule has 104 valence electrons. The van der Waals surface area contributed by atoms with E-state index in [1.54, 1.807) is 36.4 Å². The largest absolute Gasteiger partial charge is 0.495 e. The Balaban J connectivity index is 2.39. The van der Waals surface area contributed by atoms with Gasteiger partial charge in [0.05, 0.1) is 29.1 Å². The fourth-order valence-corrected chi connectivity index (χ4v) is 2.06. The number of nitrogens with one attached hydrogen (secondary N) is 1. The topological polar surface area (TPSA) is 90.4 Å². The van der Waals surface area contributed by atoms with Gasteiger partial charge in [-0.2, -0.15) is 0 Å². The predicted octanol–water partition coefficient (Wildman–Crippen LogP) is 2.77. The minimum Gasteiger partial charge on any atom is -0.495 e. The summed E-state index contributed by atoms with van der Waals surface area (Å²) >= 11 is 6.05. The molecule has 0 saturated heterocycles. The summed E-state index contributed by atoms with van der Waals surface area (Å²) < 4.78 is 5.08. The van der Waals surface area contributed by atoms with E-state index in [9.17, 15) is 4.79 Å². The lowest BCUT2D eigenvalue weighted by atomic mass is 10.1. The quantitative estimate of drug-likeness (QED) is 0.756. The van der Waals surface area contributed by atoms with Crippen LogP contribution in [-0.4, -0.2) is 13.0 Å². The molecule has 0 bridgehead atoms. The molecule has 0 atom stereocenters. The summed E-state index contributed by atoms with van der Waals surface area (Å²) in [4.78, 5) is 11.4. The first-order valence-electron chi connectivity index (χ1n) is 5.81. The van der Waals surface area contributed by atoms with Gasteiger partial charge in [0.25, 0.3) is 5.91 Å². The number of primary amides is 1. The first-order chi connectivity index (χ1) is 9.52. The number of hydrogen-bond donors (Lipinski definition) is 3. The summed E-state index contributed by atoms with van der Waals surface area (Å²) in [5, 5.41) is 3.50. The Morgan fingerprint density at radius 2 is 2.05 bits per heavy atom. The Hall–Kier alpha value is -2.40. The standard InChI is InChI=1S/C14H14ClN3O2/c1-20-12-6-5-8(7-10(12)15)18-13-9(14(17)19)3-2-4-11(13)16/h2-7,18H,16H2,1H3,(H2,17,19). The van der Waals surface area contributed by atoms with Crippen LogP contribution in [0.2, 0.25) is 5.02 Å². The molecule has 0 heterocycles. The molecule has 0 fully saturated rings. The third kappa shape index (κ3) is 2.78. The number of ether oxygens (including phenoxy) is 1. The minimum atomic E-state index is -0.556. The van der Waals surface area contributed by atoms with Gasteiger partial charge in [0.15, 0.2) is 0 Å². The molecule has 2 aromatic rings. The van der Waals surface area contributed by atoms with Crippen molar-refractivity contribution in [2.45, 2.75) is 0 Å². The van der Waals surface area contributed by atoms with Crippen molar-refractivity contribution in [2.75, 3.05) is 18.2 Å². The van der Waals surface area contributed by atoms with Crippen LogP contribution in [0.1, 0.15) is 10.4 Å². The van der Waals surface area contributed by atoms with Crippen LogP contribution >= 0.6 is 11.6 Å². The zero-order valence-corrected chi connectivity index (χ0v) is 11.6. The number of para-hydroxylation sites is 1. The Bertz CT molecular complexity index is 659. The normalized spacial score (nSPS) is 10.1. The average Bonchev–Trinajstić information content (AvgIpc) is 2.41. The lowest BCUT2D eigenvalue weighted by Gasteiger charge is -2.13. The summed E-state index contributed by atoms with van der Waals surface area (Å²) in [6.07, 6.45) is 0. The number of carbonyl (C=O) groups excluding carboxylic acids is 1. The zero-order valence-electron chi connectivity index (χ0n) is 10.8. The summed E-state index contributed by atoms with van der Waals surface area (Å²) in [6.45, 7) is 0. The minimum absolute atomic E-state index is 0.317. The summed E-state index contributed by atoms with van der Waals surface area (Å²) in [5.41, 5.74) is 13.1. The highest BCUT2D eigenvalue weighted by molar-refractivity contribution is 6.32. The first-order valence-corrected chi connectivity index (χ1v) is 6.19. The van der Waals surface area contributed by atoms with E-state index in [0.29, 0.717) is 33.4 Å². The third-order valence-corrected chi connectivity index (χ3v) is 3.08. The number of rotatable bonds is 4. The lowest BCUT2D eigenvalue weighted by Crippen LogP contribution is -2.14. The van der Waals surface area contributed by atoms with Crippen molar-refractivity contribution in [3.8, 4) is 5.75 Å². The number of nitrogen functional groups attached to an aromatic ring is 1. The van der Waals surface area contributed by atoms with E-state index in [1.165, 1.54) is 7.11 Å². The van der Waals surface area contributed by atoms with Crippen LogP contribution in [0.25, 0.3) is 0 Å². The van der Waals surface area contributed by atoms with Gasteiger partial charge in [-0.3, -0.25) is 4.79 Å². The molecule has 20 heavy (non-hydrogen) atoms. The summed E-state index contributed by atoms with van der Waals surface area (Å²) in [7, 11) is 1.54. The van der Waals surface area contributed by atoms with Gasteiger partial charge < -0.3 is 21.5 Å². The smallest absolute Gasteiger partial charge is 0.250 e. The summed E-state index contributed by atoms with van der Waals surface area (Å²) in [6, 6.07) is 10.1. The van der Waals surface area contributed by atoms with E-state index in [4.69, 9.17) is 27.8 Å². The molecule has 0 spiro atoms. The maximum atomic E-state index is 11.4. The van der Waals surface area contributed by atoms with E-state index in [-0.39, 0.29) is 0 Å².